The summed E-state index contributed by atoms with van der Waals surface area (Å²) in [4.78, 5) is 11.0. The van der Waals surface area contributed by atoms with Gasteiger partial charge in [0, 0.05) is 11.1 Å². The Morgan fingerprint density at radius 1 is 0.411 bits per heavy atom. The summed E-state index contributed by atoms with van der Waals surface area (Å²) < 4.78 is 12.1. The zero-order chi connectivity index (χ0) is 38.4. The maximum atomic E-state index is 6.03. The first-order valence-corrected chi connectivity index (χ1v) is 20.4. The van der Waals surface area contributed by atoms with Crippen molar-refractivity contribution in [2.24, 2.45) is 0 Å². The fourth-order valence-electron chi connectivity index (χ4n) is 7.09. The Hall–Kier alpha value is -6.00. The zero-order valence-corrected chi connectivity index (χ0v) is 32.8. The number of benzene rings is 6. The van der Waals surface area contributed by atoms with Crippen LogP contribution in [0.25, 0.3) is 68.4 Å². The van der Waals surface area contributed by atoms with Gasteiger partial charge in [0.1, 0.15) is 11.5 Å². The maximum Gasteiger partial charge on any atom is 0.119 e. The van der Waals surface area contributed by atoms with Crippen LogP contribution in [-0.2, 0) is 0 Å². The van der Waals surface area contributed by atoms with E-state index >= 15 is 0 Å². The van der Waals surface area contributed by atoms with Crippen molar-refractivity contribution in [2.45, 2.75) is 65.2 Å². The molecule has 0 bridgehead atoms. The molecule has 0 saturated carbocycles. The minimum Gasteiger partial charge on any atom is -0.494 e. The standard InChI is InChI=1S/C52H52N2O2/c1-3-5-7-13-37-55-43-31-25-39(26-32-43)29-35-49-51(47-23-15-19-41-17-9-11-21-45(41)47)54-50(52(53-49)48-24-16-20-42-18-10-12-22-46(42)48)36-30-40-27-33-44(34-28-40)56-38-14-8-6-4-2/h9-12,15-36H,3-8,13-14,37-38H2,1-2H3/b35-29+,36-30+. The van der Waals surface area contributed by atoms with Crippen LogP contribution in [-0.4, -0.2) is 23.2 Å². The Labute approximate surface area is 332 Å². The molecule has 6 aromatic carbocycles. The van der Waals surface area contributed by atoms with Crippen molar-refractivity contribution in [1.82, 2.24) is 9.97 Å². The smallest absolute Gasteiger partial charge is 0.119 e. The fourth-order valence-corrected chi connectivity index (χ4v) is 7.09. The van der Waals surface area contributed by atoms with Gasteiger partial charge in [-0.2, -0.15) is 0 Å². The number of fused-ring (bicyclic) bond motifs is 2. The highest BCUT2D eigenvalue weighted by molar-refractivity contribution is 6.00. The van der Waals surface area contributed by atoms with Crippen LogP contribution in [0.1, 0.15) is 87.7 Å². The molecule has 0 fully saturated rings. The van der Waals surface area contributed by atoms with E-state index in [0.717, 1.165) is 104 Å². The average Bonchev–Trinajstić information content (AvgIpc) is 3.25. The van der Waals surface area contributed by atoms with Gasteiger partial charge in [-0.25, -0.2) is 9.97 Å². The Kier molecular flexibility index (Phi) is 13.4. The first-order valence-electron chi connectivity index (χ1n) is 20.4. The van der Waals surface area contributed by atoms with Gasteiger partial charge in [-0.05, 0) is 81.9 Å². The minimum atomic E-state index is 0.746. The van der Waals surface area contributed by atoms with Gasteiger partial charge in [-0.3, -0.25) is 0 Å². The number of aromatic nitrogens is 2. The molecule has 0 atom stereocenters. The van der Waals surface area contributed by atoms with Crippen molar-refractivity contribution >= 4 is 45.8 Å². The number of rotatable bonds is 18. The van der Waals surface area contributed by atoms with E-state index in [2.05, 4.69) is 172 Å². The Bertz CT molecular complexity index is 2210. The van der Waals surface area contributed by atoms with E-state index in [4.69, 9.17) is 19.4 Å². The number of nitrogens with zero attached hydrogens (tertiary/aromatic N) is 2. The molecule has 0 aliphatic heterocycles. The summed E-state index contributed by atoms with van der Waals surface area (Å²) in [5, 5.41) is 4.60. The molecule has 0 aliphatic rings. The monoisotopic (exact) mass is 736 g/mol. The highest BCUT2D eigenvalue weighted by Crippen LogP contribution is 2.36. The average molecular weight is 737 g/mol. The molecule has 1 heterocycles. The molecular formula is C52H52N2O2. The van der Waals surface area contributed by atoms with E-state index in [9.17, 15) is 0 Å². The van der Waals surface area contributed by atoms with Crippen molar-refractivity contribution in [2.75, 3.05) is 13.2 Å². The second kappa shape index (κ2) is 19.5. The van der Waals surface area contributed by atoms with Gasteiger partial charge in [0.25, 0.3) is 0 Å². The quantitative estimate of drug-likeness (QED) is 0.0823. The van der Waals surface area contributed by atoms with E-state index in [-0.39, 0.29) is 0 Å². The molecule has 0 spiro atoms. The molecule has 0 radical (unpaired) electrons. The molecule has 0 amide bonds. The van der Waals surface area contributed by atoms with E-state index in [1.165, 1.54) is 38.5 Å². The number of hydrogen-bond acceptors (Lipinski definition) is 4. The number of unbranched alkanes of at least 4 members (excludes halogenated alkanes) is 6. The molecule has 1 aromatic heterocycles. The maximum absolute atomic E-state index is 6.03. The summed E-state index contributed by atoms with van der Waals surface area (Å²) in [5.74, 6) is 1.79. The summed E-state index contributed by atoms with van der Waals surface area (Å²) in [6.45, 7) is 5.95. The van der Waals surface area contributed by atoms with E-state index < -0.39 is 0 Å². The van der Waals surface area contributed by atoms with Crippen LogP contribution in [0, 0.1) is 0 Å². The molecule has 4 nitrogen and oxygen atoms in total. The van der Waals surface area contributed by atoms with E-state index in [1.807, 2.05) is 0 Å². The molecule has 4 heteroatoms. The first-order chi connectivity index (χ1) is 27.7. The lowest BCUT2D eigenvalue weighted by molar-refractivity contribution is 0.305. The number of hydrogen-bond donors (Lipinski definition) is 0. The third-order valence-corrected chi connectivity index (χ3v) is 10.2. The summed E-state index contributed by atoms with van der Waals surface area (Å²) in [5.41, 5.74) is 7.50. The topological polar surface area (TPSA) is 44.2 Å². The summed E-state index contributed by atoms with van der Waals surface area (Å²) in [7, 11) is 0. The van der Waals surface area contributed by atoms with Crippen LogP contribution in [0.2, 0.25) is 0 Å². The zero-order valence-electron chi connectivity index (χ0n) is 32.8. The molecule has 7 rings (SSSR count). The molecule has 0 N–H and O–H groups in total. The van der Waals surface area contributed by atoms with Gasteiger partial charge >= 0.3 is 0 Å². The second-order valence-electron chi connectivity index (χ2n) is 14.4. The van der Waals surface area contributed by atoms with Crippen molar-refractivity contribution in [3.8, 4) is 34.0 Å². The molecular weight excluding hydrogens is 685 g/mol. The minimum absolute atomic E-state index is 0.746. The lowest BCUT2D eigenvalue weighted by Gasteiger charge is -2.15. The van der Waals surface area contributed by atoms with Crippen molar-refractivity contribution in [3.63, 3.8) is 0 Å². The molecule has 282 valence electrons. The van der Waals surface area contributed by atoms with Crippen molar-refractivity contribution in [1.29, 1.82) is 0 Å². The molecule has 0 saturated heterocycles. The number of ether oxygens (including phenoxy) is 2. The van der Waals surface area contributed by atoms with E-state index in [1.54, 1.807) is 0 Å². The first kappa shape index (κ1) is 38.3. The summed E-state index contributed by atoms with van der Waals surface area (Å²) >= 11 is 0. The predicted molar refractivity (Wildman–Crippen MR) is 238 cm³/mol. The predicted octanol–water partition coefficient (Wildman–Crippen LogP) is 14.4. The van der Waals surface area contributed by atoms with Crippen LogP contribution >= 0.6 is 0 Å². The lowest BCUT2D eigenvalue weighted by Crippen LogP contribution is -2.01. The Morgan fingerprint density at radius 3 is 1.25 bits per heavy atom. The molecule has 0 unspecified atom stereocenters. The molecule has 0 aliphatic carbocycles. The van der Waals surface area contributed by atoms with Gasteiger partial charge in [-0.15, -0.1) is 0 Å². The van der Waals surface area contributed by atoms with Crippen LogP contribution in [0.15, 0.2) is 133 Å². The largest absolute Gasteiger partial charge is 0.494 e. The Morgan fingerprint density at radius 2 is 0.821 bits per heavy atom. The van der Waals surface area contributed by atoms with Gasteiger partial charge < -0.3 is 9.47 Å². The lowest BCUT2D eigenvalue weighted by atomic mass is 9.97. The molecule has 7 aromatic rings. The molecule has 56 heavy (non-hydrogen) atoms. The van der Waals surface area contributed by atoms with Crippen LogP contribution in [0.5, 0.6) is 11.5 Å². The van der Waals surface area contributed by atoms with Gasteiger partial charge in [0.15, 0.2) is 0 Å². The summed E-state index contributed by atoms with van der Waals surface area (Å²) in [6.07, 6.45) is 18.0. The van der Waals surface area contributed by atoms with Crippen LogP contribution in [0.4, 0.5) is 0 Å². The van der Waals surface area contributed by atoms with Crippen LogP contribution < -0.4 is 9.47 Å². The van der Waals surface area contributed by atoms with Crippen molar-refractivity contribution < 1.29 is 9.47 Å². The second-order valence-corrected chi connectivity index (χ2v) is 14.4. The van der Waals surface area contributed by atoms with Gasteiger partial charge in [0.05, 0.1) is 36.0 Å². The van der Waals surface area contributed by atoms with Crippen molar-refractivity contribution in [3.05, 3.63) is 156 Å². The normalized spacial score (nSPS) is 11.6. The highest BCUT2D eigenvalue weighted by atomic mass is 16.5. The van der Waals surface area contributed by atoms with Crippen LogP contribution in [0.3, 0.4) is 0 Å². The fraction of sp³-hybridized carbons (Fsp3) is 0.231. The van der Waals surface area contributed by atoms with E-state index in [0.29, 0.717) is 0 Å². The van der Waals surface area contributed by atoms with Gasteiger partial charge in [-0.1, -0.05) is 174 Å². The SMILES string of the molecule is CCCCCCOc1ccc(/C=C/c2nc(-c3cccc4ccccc34)c(/C=C/c3ccc(OCCCCCC)cc3)nc2-c2cccc3ccccc23)cc1. The Balaban J connectivity index is 1.29. The highest BCUT2D eigenvalue weighted by Gasteiger charge is 2.18. The van der Waals surface area contributed by atoms with Gasteiger partial charge in [0.2, 0.25) is 0 Å². The summed E-state index contributed by atoms with van der Waals surface area (Å²) in [6, 6.07) is 46.4. The third kappa shape index (κ3) is 9.80. The third-order valence-electron chi connectivity index (χ3n) is 10.2.